The van der Waals surface area contributed by atoms with Gasteiger partial charge in [0.15, 0.2) is 5.75 Å². The van der Waals surface area contributed by atoms with Crippen LogP contribution in [0.15, 0.2) is 30.5 Å². The number of alkyl halides is 3. The molecule has 0 atom stereocenters. The molecule has 40 heavy (non-hydrogen) atoms. The molecule has 11 nitrogen and oxygen atoms in total. The Labute approximate surface area is 235 Å². The van der Waals surface area contributed by atoms with Gasteiger partial charge in [0, 0.05) is 19.9 Å². The van der Waals surface area contributed by atoms with Gasteiger partial charge < -0.3 is 23.7 Å². The lowest BCUT2D eigenvalue weighted by atomic mass is 10.2. The minimum Gasteiger partial charge on any atom is -0.489 e. The number of amides is 1. The molecule has 0 aliphatic carbocycles. The summed E-state index contributed by atoms with van der Waals surface area (Å²) in [4.78, 5) is 16.8. The highest BCUT2D eigenvalue weighted by atomic mass is 35.5. The Hall–Kier alpha value is -2.85. The van der Waals surface area contributed by atoms with E-state index in [-0.39, 0.29) is 50.6 Å². The summed E-state index contributed by atoms with van der Waals surface area (Å²) in [6, 6.07) is 4.62. The number of para-hydroxylation sites is 1. The topological polar surface area (TPSA) is 126 Å². The molecule has 16 heteroatoms. The Morgan fingerprint density at radius 2 is 1.85 bits per heavy atom. The predicted molar refractivity (Wildman–Crippen MR) is 140 cm³/mol. The number of nitrogens with zero attached hydrogens (tertiary/aromatic N) is 2. The predicted octanol–water partition coefficient (Wildman–Crippen LogP) is 5.18. The molecule has 1 heterocycles. The Kier molecular flexibility index (Phi) is 12.7. The van der Waals surface area contributed by atoms with Crippen LogP contribution < -0.4 is 18.5 Å². The van der Waals surface area contributed by atoms with Gasteiger partial charge in [0.25, 0.3) is 0 Å². The second-order valence-electron chi connectivity index (χ2n) is 8.25. The maximum Gasteiger partial charge on any atom is 0.429 e. The molecule has 1 aromatic heterocycles. The van der Waals surface area contributed by atoms with E-state index in [0.29, 0.717) is 23.0 Å². The number of anilines is 1. The molecule has 0 bridgehead atoms. The fourth-order valence-corrected chi connectivity index (χ4v) is 4.33. The molecular weight excluding hydrogens is 583 g/mol. The van der Waals surface area contributed by atoms with Crippen LogP contribution in [0, 0.1) is 0 Å². The first-order chi connectivity index (χ1) is 18.8. The van der Waals surface area contributed by atoms with Gasteiger partial charge in [0.05, 0.1) is 31.5 Å². The number of pyridine rings is 1. The molecule has 0 spiro atoms. The average molecular weight is 614 g/mol. The van der Waals surface area contributed by atoms with Crippen molar-refractivity contribution in [3.63, 3.8) is 0 Å². The number of rotatable bonds is 15. The monoisotopic (exact) mass is 613 g/mol. The Morgan fingerprint density at radius 3 is 2.45 bits per heavy atom. The highest BCUT2D eigenvalue weighted by Crippen LogP contribution is 2.43. The normalized spacial score (nSPS) is 11.9. The van der Waals surface area contributed by atoms with Crippen molar-refractivity contribution in [1.29, 1.82) is 0 Å². The van der Waals surface area contributed by atoms with Gasteiger partial charge in [0.2, 0.25) is 5.88 Å². The van der Waals surface area contributed by atoms with E-state index in [1.807, 2.05) is 0 Å². The molecule has 0 saturated carbocycles. The van der Waals surface area contributed by atoms with E-state index < -0.39 is 44.6 Å². The van der Waals surface area contributed by atoms with Crippen LogP contribution in [0.25, 0.3) is 0 Å². The third kappa shape index (κ3) is 9.66. The van der Waals surface area contributed by atoms with Crippen molar-refractivity contribution in [2.75, 3.05) is 44.4 Å². The lowest BCUT2D eigenvalue weighted by Gasteiger charge is -2.26. The van der Waals surface area contributed by atoms with Gasteiger partial charge in [-0.1, -0.05) is 24.6 Å². The summed E-state index contributed by atoms with van der Waals surface area (Å²) in [5.41, 5.74) is -1.56. The Morgan fingerprint density at radius 1 is 1.15 bits per heavy atom. The van der Waals surface area contributed by atoms with Crippen molar-refractivity contribution >= 4 is 33.6 Å². The zero-order valence-electron chi connectivity index (χ0n) is 22.3. The average Bonchev–Trinajstić information content (AvgIpc) is 2.87. The van der Waals surface area contributed by atoms with Gasteiger partial charge in [-0.2, -0.15) is 30.6 Å². The fourth-order valence-electron chi connectivity index (χ4n) is 2.98. The number of nitrogens with one attached hydrogen (secondary N) is 1. The van der Waals surface area contributed by atoms with Crippen LogP contribution in [0.2, 0.25) is 5.02 Å². The standard InChI is InChI=1S/C24H31ClF3N3O8S/c1-5-10-38-23(32)31(40(33,34)30-9-11-36-16(2)3)21-19(37-13-12-35-4)7-6-8-20(21)39-22-18(25)14-17(15-29-22)24(26,27)28/h6-8,14-16,30H,5,9-13H2,1-4H3. The molecule has 0 fully saturated rings. The molecule has 2 aromatic rings. The molecule has 0 radical (unpaired) electrons. The molecule has 2 rings (SSSR count). The molecule has 0 aliphatic rings. The third-order valence-corrected chi connectivity index (χ3v) is 6.38. The first-order valence-corrected chi connectivity index (χ1v) is 13.9. The quantitative estimate of drug-likeness (QED) is 0.270. The van der Waals surface area contributed by atoms with E-state index in [2.05, 4.69) is 9.71 Å². The minimum atomic E-state index is -4.71. The number of ether oxygens (including phenoxy) is 5. The minimum absolute atomic E-state index is 0.00479. The Bertz CT molecular complexity index is 1230. The summed E-state index contributed by atoms with van der Waals surface area (Å²) in [6.45, 7) is 4.97. The SMILES string of the molecule is CCCOC(=O)N(c1c(OCCOC)cccc1Oc1ncc(C(F)(F)F)cc1Cl)S(=O)(=O)NCCOC(C)C. The summed E-state index contributed by atoms with van der Waals surface area (Å²) in [5, 5.41) is -0.515. The van der Waals surface area contributed by atoms with E-state index in [9.17, 15) is 26.4 Å². The number of aromatic nitrogens is 1. The maximum atomic E-state index is 13.4. The van der Waals surface area contributed by atoms with Crippen molar-refractivity contribution in [2.24, 2.45) is 0 Å². The van der Waals surface area contributed by atoms with Crippen LogP contribution >= 0.6 is 11.6 Å². The van der Waals surface area contributed by atoms with Crippen LogP contribution in [-0.2, 0) is 30.6 Å². The van der Waals surface area contributed by atoms with E-state index in [4.69, 9.17) is 35.3 Å². The van der Waals surface area contributed by atoms with Crippen LogP contribution in [0.5, 0.6) is 17.4 Å². The first kappa shape index (κ1) is 33.4. The van der Waals surface area contributed by atoms with Gasteiger partial charge in [-0.15, -0.1) is 0 Å². The van der Waals surface area contributed by atoms with E-state index in [1.165, 1.54) is 25.3 Å². The Balaban J connectivity index is 2.63. The van der Waals surface area contributed by atoms with E-state index in [1.54, 1.807) is 20.8 Å². The summed E-state index contributed by atoms with van der Waals surface area (Å²) >= 11 is 6.01. The van der Waals surface area contributed by atoms with E-state index >= 15 is 0 Å². The van der Waals surface area contributed by atoms with Gasteiger partial charge in [-0.05, 0) is 38.5 Å². The lowest BCUT2D eigenvalue weighted by Crippen LogP contribution is -2.46. The van der Waals surface area contributed by atoms with Crippen LogP contribution in [-0.4, -0.2) is 65.7 Å². The summed E-state index contributed by atoms with van der Waals surface area (Å²) < 4.78 is 95.5. The number of methoxy groups -OCH3 is 1. The second kappa shape index (κ2) is 15.2. The molecule has 224 valence electrons. The summed E-state index contributed by atoms with van der Waals surface area (Å²) in [5.74, 6) is -0.960. The van der Waals surface area contributed by atoms with Crippen LogP contribution in [0.4, 0.5) is 23.7 Å². The molecule has 1 amide bonds. The van der Waals surface area contributed by atoms with E-state index in [0.717, 1.165) is 0 Å². The van der Waals surface area contributed by atoms with Crippen molar-refractivity contribution in [2.45, 2.75) is 39.5 Å². The molecule has 0 unspecified atom stereocenters. The van der Waals surface area contributed by atoms with Crippen molar-refractivity contribution in [3.05, 3.63) is 41.0 Å². The number of carbonyl (C=O) groups excluding carboxylic acids is 1. The number of hydrogen-bond acceptors (Lipinski definition) is 9. The summed E-state index contributed by atoms with van der Waals surface area (Å²) in [7, 11) is -3.25. The maximum absolute atomic E-state index is 13.4. The zero-order chi connectivity index (χ0) is 29.9. The molecule has 1 N–H and O–H groups in total. The highest BCUT2D eigenvalue weighted by Gasteiger charge is 2.37. The third-order valence-electron chi connectivity index (χ3n) is 4.73. The second-order valence-corrected chi connectivity index (χ2v) is 10.3. The summed E-state index contributed by atoms with van der Waals surface area (Å²) in [6.07, 6.45) is -5.30. The number of halogens is 4. The van der Waals surface area contributed by atoms with Crippen molar-refractivity contribution < 1.29 is 50.1 Å². The van der Waals surface area contributed by atoms with Gasteiger partial charge in [-0.25, -0.2) is 9.78 Å². The molecule has 0 saturated heterocycles. The largest absolute Gasteiger partial charge is 0.489 e. The van der Waals surface area contributed by atoms with Crippen molar-refractivity contribution in [1.82, 2.24) is 9.71 Å². The molecule has 0 aliphatic heterocycles. The fraction of sp³-hybridized carbons (Fsp3) is 0.500. The lowest BCUT2D eigenvalue weighted by molar-refractivity contribution is -0.137. The number of carbonyl (C=O) groups is 1. The molecule has 1 aromatic carbocycles. The smallest absolute Gasteiger partial charge is 0.429 e. The molecular formula is C24H31ClF3N3O8S. The first-order valence-electron chi connectivity index (χ1n) is 12.0. The van der Waals surface area contributed by atoms with Gasteiger partial charge in [0.1, 0.15) is 23.1 Å². The zero-order valence-corrected chi connectivity index (χ0v) is 23.9. The number of benzene rings is 1. The van der Waals surface area contributed by atoms with Gasteiger partial charge >= 0.3 is 22.5 Å². The highest BCUT2D eigenvalue weighted by molar-refractivity contribution is 7.91. The van der Waals surface area contributed by atoms with Gasteiger partial charge in [-0.3, -0.25) is 0 Å². The van der Waals surface area contributed by atoms with Crippen LogP contribution in [0.3, 0.4) is 0 Å². The van der Waals surface area contributed by atoms with Crippen LogP contribution in [0.1, 0.15) is 32.8 Å². The van der Waals surface area contributed by atoms with Crippen molar-refractivity contribution in [3.8, 4) is 17.4 Å². The number of hydrogen-bond donors (Lipinski definition) is 1.